The summed E-state index contributed by atoms with van der Waals surface area (Å²) in [6.07, 6.45) is 0. The smallest absolute Gasteiger partial charge is 0.322 e. The normalized spacial score (nSPS) is 19.7. The topological polar surface area (TPSA) is 98.3 Å². The van der Waals surface area contributed by atoms with Crippen LogP contribution in [0.15, 0.2) is 29.1 Å². The van der Waals surface area contributed by atoms with Crippen molar-refractivity contribution in [1.29, 1.82) is 0 Å². The summed E-state index contributed by atoms with van der Waals surface area (Å²) in [7, 11) is 0. The Morgan fingerprint density at radius 1 is 1.43 bits per heavy atom. The Kier molecular flexibility index (Phi) is 3.68. The van der Waals surface area contributed by atoms with Gasteiger partial charge in [-0.15, -0.1) is 0 Å². The predicted molar refractivity (Wildman–Crippen MR) is 77.1 cm³/mol. The van der Waals surface area contributed by atoms with E-state index >= 15 is 0 Å². The third-order valence-corrected chi connectivity index (χ3v) is 3.66. The fourth-order valence-electron chi connectivity index (χ4n) is 2.55. The molecule has 1 atom stereocenters. The molecule has 1 aliphatic heterocycles. The number of piperazine rings is 1. The maximum absolute atomic E-state index is 12.1. The zero-order valence-corrected chi connectivity index (χ0v) is 11.4. The van der Waals surface area contributed by atoms with Crippen LogP contribution in [0.1, 0.15) is 5.69 Å². The maximum atomic E-state index is 12.1. The van der Waals surface area contributed by atoms with Gasteiger partial charge in [0.2, 0.25) is 0 Å². The van der Waals surface area contributed by atoms with Crippen molar-refractivity contribution in [2.45, 2.75) is 12.6 Å². The van der Waals surface area contributed by atoms with Crippen molar-refractivity contribution in [3.05, 3.63) is 40.3 Å². The molecular weight excluding hydrogens is 272 g/mol. The SMILES string of the molecule is O=C(O)C1CNCCN1Cc1nc2ccccc2[nH]c1=O. The van der Waals surface area contributed by atoms with Crippen LogP contribution in [0.3, 0.4) is 0 Å². The Morgan fingerprint density at radius 2 is 2.24 bits per heavy atom. The minimum Gasteiger partial charge on any atom is -0.480 e. The van der Waals surface area contributed by atoms with Crippen molar-refractivity contribution < 1.29 is 9.90 Å². The van der Waals surface area contributed by atoms with Crippen LogP contribution in [0.5, 0.6) is 0 Å². The van der Waals surface area contributed by atoms with Gasteiger partial charge in [0.25, 0.3) is 5.56 Å². The number of carboxylic acids is 1. The molecule has 7 heteroatoms. The number of para-hydroxylation sites is 2. The van der Waals surface area contributed by atoms with Crippen molar-refractivity contribution in [3.8, 4) is 0 Å². The number of hydrogen-bond acceptors (Lipinski definition) is 5. The molecule has 3 N–H and O–H groups in total. The third kappa shape index (κ3) is 2.79. The lowest BCUT2D eigenvalue weighted by atomic mass is 10.2. The van der Waals surface area contributed by atoms with E-state index in [-0.39, 0.29) is 12.1 Å². The van der Waals surface area contributed by atoms with Crippen molar-refractivity contribution in [2.24, 2.45) is 0 Å². The van der Waals surface area contributed by atoms with Crippen molar-refractivity contribution in [2.75, 3.05) is 19.6 Å². The molecule has 21 heavy (non-hydrogen) atoms. The average molecular weight is 288 g/mol. The molecule has 0 amide bonds. The molecule has 2 aromatic rings. The van der Waals surface area contributed by atoms with Crippen LogP contribution in [-0.2, 0) is 11.3 Å². The van der Waals surface area contributed by atoms with Gasteiger partial charge in [-0.2, -0.15) is 0 Å². The Morgan fingerprint density at radius 3 is 3.05 bits per heavy atom. The van der Waals surface area contributed by atoms with E-state index < -0.39 is 12.0 Å². The largest absolute Gasteiger partial charge is 0.480 e. The molecule has 1 aromatic heterocycles. The summed E-state index contributed by atoms with van der Waals surface area (Å²) in [5, 5.41) is 12.3. The van der Waals surface area contributed by atoms with Crippen LogP contribution >= 0.6 is 0 Å². The highest BCUT2D eigenvalue weighted by molar-refractivity contribution is 5.74. The van der Waals surface area contributed by atoms with Gasteiger partial charge in [-0.1, -0.05) is 12.1 Å². The monoisotopic (exact) mass is 288 g/mol. The zero-order valence-electron chi connectivity index (χ0n) is 11.4. The summed E-state index contributed by atoms with van der Waals surface area (Å²) in [6, 6.07) is 6.66. The van der Waals surface area contributed by atoms with E-state index in [4.69, 9.17) is 0 Å². The summed E-state index contributed by atoms with van der Waals surface area (Å²) in [4.78, 5) is 32.3. The highest BCUT2D eigenvalue weighted by Crippen LogP contribution is 2.10. The first-order valence-electron chi connectivity index (χ1n) is 6.80. The van der Waals surface area contributed by atoms with Crippen molar-refractivity contribution in [1.82, 2.24) is 20.2 Å². The number of benzene rings is 1. The van der Waals surface area contributed by atoms with Crippen molar-refractivity contribution in [3.63, 3.8) is 0 Å². The minimum absolute atomic E-state index is 0.235. The fraction of sp³-hybridized carbons (Fsp3) is 0.357. The van der Waals surface area contributed by atoms with E-state index in [0.717, 1.165) is 0 Å². The van der Waals surface area contributed by atoms with E-state index in [2.05, 4.69) is 15.3 Å². The number of aliphatic carboxylic acids is 1. The predicted octanol–water partition coefficient (Wildman–Crippen LogP) is -0.218. The van der Waals surface area contributed by atoms with Crippen LogP contribution in [0.25, 0.3) is 11.0 Å². The number of fused-ring (bicyclic) bond motifs is 1. The van der Waals surface area contributed by atoms with Crippen LogP contribution in [0.2, 0.25) is 0 Å². The van der Waals surface area contributed by atoms with E-state index in [1.807, 2.05) is 18.2 Å². The van der Waals surface area contributed by atoms with Crippen LogP contribution in [0, 0.1) is 0 Å². The minimum atomic E-state index is -0.889. The molecule has 0 spiro atoms. The van der Waals surface area contributed by atoms with E-state index in [0.29, 0.717) is 36.4 Å². The molecule has 1 fully saturated rings. The average Bonchev–Trinajstić information content (AvgIpc) is 2.48. The van der Waals surface area contributed by atoms with Crippen molar-refractivity contribution >= 4 is 17.0 Å². The van der Waals surface area contributed by atoms with Gasteiger partial charge in [-0.25, -0.2) is 4.98 Å². The fourth-order valence-corrected chi connectivity index (χ4v) is 2.55. The van der Waals surface area contributed by atoms with Gasteiger partial charge in [0.15, 0.2) is 0 Å². The Hall–Kier alpha value is -2.25. The number of nitrogens with one attached hydrogen (secondary N) is 2. The van der Waals surface area contributed by atoms with Gasteiger partial charge < -0.3 is 15.4 Å². The second-order valence-electron chi connectivity index (χ2n) is 5.06. The number of aromatic nitrogens is 2. The van der Waals surface area contributed by atoms with Gasteiger partial charge >= 0.3 is 5.97 Å². The van der Waals surface area contributed by atoms with Gasteiger partial charge in [0, 0.05) is 26.2 Å². The molecule has 7 nitrogen and oxygen atoms in total. The van der Waals surface area contributed by atoms with Crippen LogP contribution in [0.4, 0.5) is 0 Å². The quantitative estimate of drug-likeness (QED) is 0.722. The molecule has 1 aromatic carbocycles. The zero-order chi connectivity index (χ0) is 14.8. The number of nitrogens with zero attached hydrogens (tertiary/aromatic N) is 2. The van der Waals surface area contributed by atoms with E-state index in [1.165, 1.54) is 0 Å². The van der Waals surface area contributed by atoms with Gasteiger partial charge in [-0.05, 0) is 12.1 Å². The number of rotatable bonds is 3. The molecule has 1 unspecified atom stereocenters. The summed E-state index contributed by atoms with van der Waals surface area (Å²) in [6.45, 7) is 1.89. The molecule has 0 saturated carbocycles. The Bertz CT molecular complexity index is 727. The first-order chi connectivity index (χ1) is 10.1. The highest BCUT2D eigenvalue weighted by Gasteiger charge is 2.29. The number of H-pyrrole nitrogens is 1. The number of hydrogen-bond donors (Lipinski definition) is 3. The molecule has 1 saturated heterocycles. The third-order valence-electron chi connectivity index (χ3n) is 3.66. The molecule has 110 valence electrons. The molecule has 0 aliphatic carbocycles. The van der Waals surface area contributed by atoms with E-state index in [1.54, 1.807) is 11.0 Å². The van der Waals surface area contributed by atoms with Crippen LogP contribution in [-0.4, -0.2) is 51.6 Å². The molecule has 2 heterocycles. The van der Waals surface area contributed by atoms with Gasteiger partial charge in [0.1, 0.15) is 11.7 Å². The first kappa shape index (κ1) is 13.7. The van der Waals surface area contributed by atoms with Crippen LogP contribution < -0.4 is 10.9 Å². The summed E-state index contributed by atoms with van der Waals surface area (Å²) >= 11 is 0. The van der Waals surface area contributed by atoms with E-state index in [9.17, 15) is 14.7 Å². The second kappa shape index (κ2) is 5.63. The summed E-state index contributed by atoms with van der Waals surface area (Å²) in [5.74, 6) is -0.889. The molecule has 1 aliphatic rings. The Labute approximate surface area is 120 Å². The number of carbonyl (C=O) groups is 1. The molecular formula is C14H16N4O3. The maximum Gasteiger partial charge on any atom is 0.322 e. The molecule has 0 bridgehead atoms. The number of carboxylic acid groups (broad SMARTS) is 1. The van der Waals surface area contributed by atoms with Gasteiger partial charge in [-0.3, -0.25) is 14.5 Å². The summed E-state index contributed by atoms with van der Waals surface area (Å²) < 4.78 is 0. The standard InChI is InChI=1S/C14H16N4O3/c19-13-11(16-9-3-1-2-4-10(9)17-13)8-18-6-5-15-7-12(18)14(20)21/h1-4,12,15H,5-8H2,(H,17,19)(H,20,21). The summed E-state index contributed by atoms with van der Waals surface area (Å²) in [5.41, 5.74) is 1.47. The lowest BCUT2D eigenvalue weighted by molar-refractivity contribution is -0.144. The first-order valence-corrected chi connectivity index (χ1v) is 6.80. The lowest BCUT2D eigenvalue weighted by Gasteiger charge is -2.32. The number of aromatic amines is 1. The second-order valence-corrected chi connectivity index (χ2v) is 5.06. The Balaban J connectivity index is 1.91. The molecule has 3 rings (SSSR count). The highest BCUT2D eigenvalue weighted by atomic mass is 16.4. The lowest BCUT2D eigenvalue weighted by Crippen LogP contribution is -2.54. The van der Waals surface area contributed by atoms with Gasteiger partial charge in [0.05, 0.1) is 11.0 Å². The molecule has 0 radical (unpaired) electrons.